The van der Waals surface area contributed by atoms with E-state index in [4.69, 9.17) is 0 Å². The molecule has 1 saturated carbocycles. The van der Waals surface area contributed by atoms with Crippen LogP contribution in [0.25, 0.3) is 5.57 Å². The van der Waals surface area contributed by atoms with Crippen LogP contribution in [-0.4, -0.2) is 0 Å². The molecule has 0 saturated heterocycles. The van der Waals surface area contributed by atoms with Crippen molar-refractivity contribution in [3.63, 3.8) is 0 Å². The van der Waals surface area contributed by atoms with Gasteiger partial charge in [-0.3, -0.25) is 0 Å². The van der Waals surface area contributed by atoms with Crippen LogP contribution in [0.1, 0.15) is 83.1 Å². The monoisotopic (exact) mass is 354 g/mol. The van der Waals surface area contributed by atoms with Gasteiger partial charge in [-0.1, -0.05) is 88.7 Å². The fourth-order valence-electron chi connectivity index (χ4n) is 4.78. The summed E-state index contributed by atoms with van der Waals surface area (Å²) in [5, 5.41) is 0. The minimum absolute atomic E-state index is 0.158. The van der Waals surface area contributed by atoms with Crippen LogP contribution in [-0.2, 0) is 0 Å². The van der Waals surface area contributed by atoms with Gasteiger partial charge in [-0.25, -0.2) is 4.39 Å². The number of hydrogen-bond donors (Lipinski definition) is 0. The highest BCUT2D eigenvalue weighted by atomic mass is 19.1. The first kappa shape index (κ1) is 19.4. The summed E-state index contributed by atoms with van der Waals surface area (Å²) in [7, 11) is 0. The topological polar surface area (TPSA) is 0 Å². The van der Waals surface area contributed by atoms with Gasteiger partial charge in [0.1, 0.15) is 5.82 Å². The zero-order valence-corrected chi connectivity index (χ0v) is 16.4. The molecule has 1 heteroatoms. The second kappa shape index (κ2) is 10.1. The minimum atomic E-state index is -0.158. The van der Waals surface area contributed by atoms with Gasteiger partial charge in [0.25, 0.3) is 0 Å². The van der Waals surface area contributed by atoms with E-state index in [9.17, 15) is 4.39 Å². The Morgan fingerprint density at radius 3 is 2.31 bits per heavy atom. The molecule has 26 heavy (non-hydrogen) atoms. The molecule has 3 rings (SSSR count). The molecule has 0 amide bonds. The lowest BCUT2D eigenvalue weighted by Gasteiger charge is -2.33. The molecule has 2 aliphatic carbocycles. The van der Waals surface area contributed by atoms with E-state index >= 15 is 0 Å². The van der Waals surface area contributed by atoms with Crippen molar-refractivity contribution in [3.05, 3.63) is 53.9 Å². The van der Waals surface area contributed by atoms with E-state index in [1.807, 2.05) is 12.1 Å². The molecule has 0 nitrogen and oxygen atoms in total. The van der Waals surface area contributed by atoms with Crippen LogP contribution in [0, 0.1) is 23.6 Å². The van der Waals surface area contributed by atoms with Crippen molar-refractivity contribution in [2.24, 2.45) is 17.8 Å². The predicted molar refractivity (Wildman–Crippen MR) is 110 cm³/mol. The quantitative estimate of drug-likeness (QED) is 0.415. The highest BCUT2D eigenvalue weighted by Crippen LogP contribution is 2.39. The lowest BCUT2D eigenvalue weighted by atomic mass is 9.72. The molecule has 0 spiro atoms. The highest BCUT2D eigenvalue weighted by molar-refractivity contribution is 5.74. The number of unbranched alkanes of at least 4 members (excludes halogenated alkanes) is 4. The smallest absolute Gasteiger partial charge is 0.123 e. The van der Waals surface area contributed by atoms with Gasteiger partial charge >= 0.3 is 0 Å². The molecule has 1 aromatic carbocycles. The van der Waals surface area contributed by atoms with Crippen LogP contribution in [0.5, 0.6) is 0 Å². The molecule has 0 aromatic heterocycles. The summed E-state index contributed by atoms with van der Waals surface area (Å²) in [5.41, 5.74) is 2.38. The highest BCUT2D eigenvalue weighted by Gasteiger charge is 2.26. The summed E-state index contributed by atoms with van der Waals surface area (Å²) in [4.78, 5) is 0. The molecule has 1 aromatic rings. The van der Waals surface area contributed by atoms with Gasteiger partial charge in [0, 0.05) is 0 Å². The van der Waals surface area contributed by atoms with Crippen LogP contribution in [0.3, 0.4) is 0 Å². The predicted octanol–water partition coefficient (Wildman–Crippen LogP) is 7.95. The Hall–Kier alpha value is -1.37. The molecule has 1 fully saturated rings. The maximum Gasteiger partial charge on any atom is 0.123 e. The zero-order valence-electron chi connectivity index (χ0n) is 16.4. The van der Waals surface area contributed by atoms with Gasteiger partial charge in [0.15, 0.2) is 0 Å². The van der Waals surface area contributed by atoms with E-state index in [1.54, 1.807) is 12.1 Å². The van der Waals surface area contributed by atoms with E-state index in [0.29, 0.717) is 5.92 Å². The van der Waals surface area contributed by atoms with Crippen LogP contribution >= 0.6 is 0 Å². The second-order valence-corrected chi connectivity index (χ2v) is 8.41. The average molecular weight is 355 g/mol. The van der Waals surface area contributed by atoms with Crippen LogP contribution in [0.4, 0.5) is 4.39 Å². The van der Waals surface area contributed by atoms with Crippen molar-refractivity contribution >= 4 is 5.57 Å². The van der Waals surface area contributed by atoms with Crippen molar-refractivity contribution in [2.45, 2.75) is 77.6 Å². The summed E-state index contributed by atoms with van der Waals surface area (Å²) < 4.78 is 13.1. The molecule has 0 aliphatic heterocycles. The molecular weight excluding hydrogens is 319 g/mol. The molecule has 1 atom stereocenters. The summed E-state index contributed by atoms with van der Waals surface area (Å²) in [6.45, 7) is 2.29. The van der Waals surface area contributed by atoms with Gasteiger partial charge in [-0.05, 0) is 60.3 Å². The van der Waals surface area contributed by atoms with Crippen molar-refractivity contribution in [2.75, 3.05) is 0 Å². The Balaban J connectivity index is 1.39. The molecular formula is C25H35F. The van der Waals surface area contributed by atoms with E-state index < -0.39 is 0 Å². The van der Waals surface area contributed by atoms with Gasteiger partial charge in [0.05, 0.1) is 0 Å². The summed E-state index contributed by atoms with van der Waals surface area (Å²) in [5.74, 6) is 2.42. The first-order chi connectivity index (χ1) is 12.8. The van der Waals surface area contributed by atoms with E-state index in [0.717, 1.165) is 23.8 Å². The minimum Gasteiger partial charge on any atom is -0.207 e. The fraction of sp³-hybridized carbons (Fsp3) is 0.600. The molecule has 0 N–H and O–H groups in total. The Bertz CT molecular complexity index is 587. The second-order valence-electron chi connectivity index (χ2n) is 8.41. The Morgan fingerprint density at radius 1 is 0.923 bits per heavy atom. The van der Waals surface area contributed by atoms with Gasteiger partial charge < -0.3 is 0 Å². The molecule has 2 aliphatic rings. The van der Waals surface area contributed by atoms with E-state index in [-0.39, 0.29) is 5.82 Å². The third-order valence-electron chi connectivity index (χ3n) is 6.52. The Kier molecular flexibility index (Phi) is 7.53. The van der Waals surface area contributed by atoms with Crippen LogP contribution < -0.4 is 0 Å². The van der Waals surface area contributed by atoms with Crippen molar-refractivity contribution in [3.8, 4) is 0 Å². The van der Waals surface area contributed by atoms with Gasteiger partial charge in [-0.2, -0.15) is 0 Å². The molecule has 0 radical (unpaired) electrons. The lowest BCUT2D eigenvalue weighted by Crippen LogP contribution is -2.21. The SMILES string of the molecule is CCCCCCC[C@H]1CC[C@H](C2C=CC(c3ccc(F)cc3)=CC2)CC1. The summed E-state index contributed by atoms with van der Waals surface area (Å²) in [6.07, 6.45) is 22.4. The summed E-state index contributed by atoms with van der Waals surface area (Å²) >= 11 is 0. The van der Waals surface area contributed by atoms with Crippen molar-refractivity contribution < 1.29 is 4.39 Å². The van der Waals surface area contributed by atoms with Gasteiger partial charge in [-0.15, -0.1) is 0 Å². The fourth-order valence-corrected chi connectivity index (χ4v) is 4.78. The Morgan fingerprint density at radius 2 is 1.65 bits per heavy atom. The average Bonchev–Trinajstić information content (AvgIpc) is 2.69. The Labute approximate surface area is 159 Å². The molecule has 1 unspecified atom stereocenters. The van der Waals surface area contributed by atoms with Crippen molar-refractivity contribution in [1.82, 2.24) is 0 Å². The van der Waals surface area contributed by atoms with Crippen LogP contribution in [0.2, 0.25) is 0 Å². The number of allylic oxidation sites excluding steroid dienone is 4. The largest absolute Gasteiger partial charge is 0.207 e. The van der Waals surface area contributed by atoms with Crippen LogP contribution in [0.15, 0.2) is 42.5 Å². The van der Waals surface area contributed by atoms with E-state index in [2.05, 4.69) is 25.2 Å². The molecule has 0 bridgehead atoms. The van der Waals surface area contributed by atoms with Crippen molar-refractivity contribution in [1.29, 1.82) is 0 Å². The number of halogens is 1. The first-order valence-corrected chi connectivity index (χ1v) is 10.9. The lowest BCUT2D eigenvalue weighted by molar-refractivity contribution is 0.218. The number of hydrogen-bond acceptors (Lipinski definition) is 0. The molecule has 0 heterocycles. The van der Waals surface area contributed by atoms with Gasteiger partial charge in [0.2, 0.25) is 0 Å². The summed E-state index contributed by atoms with van der Waals surface area (Å²) in [6, 6.07) is 6.88. The zero-order chi connectivity index (χ0) is 18.2. The third-order valence-corrected chi connectivity index (χ3v) is 6.52. The molecule has 142 valence electrons. The number of rotatable bonds is 8. The normalized spacial score (nSPS) is 25.9. The number of benzene rings is 1. The van der Waals surface area contributed by atoms with E-state index in [1.165, 1.54) is 69.8 Å². The maximum absolute atomic E-state index is 13.1. The third kappa shape index (κ3) is 5.56. The maximum atomic E-state index is 13.1. The first-order valence-electron chi connectivity index (χ1n) is 10.9. The standard InChI is InChI=1S/C25H35F/c1-2-3-4-5-6-7-20-8-10-21(11-9-20)22-12-14-23(15-13-22)24-16-18-25(26)19-17-24/h12,14-22H,2-11,13H2,1H3/t20-,21-,22?.